The van der Waals surface area contributed by atoms with Crippen LogP contribution in [-0.2, 0) is 0 Å². The van der Waals surface area contributed by atoms with Crippen LogP contribution in [0.4, 0.5) is 17.1 Å². The second-order valence-corrected chi connectivity index (χ2v) is 15.6. The normalized spacial score (nSPS) is 11.6. The Kier molecular flexibility index (Phi) is 8.13. The minimum absolute atomic E-state index is 0.873. The minimum atomic E-state index is 0.873. The van der Waals surface area contributed by atoms with Crippen molar-refractivity contribution in [3.63, 3.8) is 0 Å². The van der Waals surface area contributed by atoms with Gasteiger partial charge >= 0.3 is 0 Å². The van der Waals surface area contributed by atoms with Gasteiger partial charge in [-0.05, 0) is 136 Å². The molecule has 0 N–H and O–H groups in total. The molecule has 12 aromatic rings. The quantitative estimate of drug-likeness (QED) is 0.162. The molecule has 4 nitrogen and oxygen atoms in total. The zero-order valence-corrected chi connectivity index (χ0v) is 33.1. The monoisotopic (exact) mass is 779 g/mol. The summed E-state index contributed by atoms with van der Waals surface area (Å²) in [5.74, 6) is 0. The van der Waals surface area contributed by atoms with Crippen LogP contribution in [0.3, 0.4) is 0 Å². The molecule has 0 fully saturated rings. The predicted octanol–water partition coefficient (Wildman–Crippen LogP) is 15.7. The van der Waals surface area contributed by atoms with Gasteiger partial charge in [-0.15, -0.1) is 0 Å². The lowest BCUT2D eigenvalue weighted by Gasteiger charge is -2.25. The Morgan fingerprint density at radius 2 is 1.00 bits per heavy atom. The van der Waals surface area contributed by atoms with E-state index in [0.29, 0.717) is 0 Å². The lowest BCUT2D eigenvalue weighted by atomic mass is 9.93. The van der Waals surface area contributed by atoms with E-state index in [1.54, 1.807) is 0 Å². The van der Waals surface area contributed by atoms with Crippen LogP contribution in [0, 0.1) is 0 Å². The van der Waals surface area contributed by atoms with Crippen LogP contribution in [0.15, 0.2) is 229 Å². The van der Waals surface area contributed by atoms with E-state index < -0.39 is 0 Å². The topological polar surface area (TPSA) is 34.2 Å². The molecule has 0 radical (unpaired) electrons. The number of fused-ring (bicyclic) bond motifs is 7. The molecule has 0 spiro atoms. The maximum atomic E-state index is 6.39. The Bertz CT molecular complexity index is 3590. The Labute approximate surface area is 352 Å². The summed E-state index contributed by atoms with van der Waals surface area (Å²) in [6.07, 6.45) is 1.99. The molecule has 12 rings (SSSR count). The maximum Gasteiger partial charge on any atom is 0.136 e. The number of hydrogen-bond donors (Lipinski definition) is 0. The molecule has 0 aliphatic carbocycles. The fourth-order valence-corrected chi connectivity index (χ4v) is 9.05. The fraction of sp³-hybridized carbons (Fsp3) is 0. The van der Waals surface area contributed by atoms with Gasteiger partial charge in [-0.1, -0.05) is 115 Å². The van der Waals surface area contributed by atoms with Crippen LogP contribution >= 0.6 is 0 Å². The third-order valence-electron chi connectivity index (χ3n) is 12.0. The molecule has 0 aliphatic rings. The van der Waals surface area contributed by atoms with Crippen LogP contribution in [0.1, 0.15) is 0 Å². The number of pyridine rings is 1. The van der Waals surface area contributed by atoms with Crippen LogP contribution in [0.2, 0.25) is 0 Å². The standard InChI is InChI=1S/C57H37N3O/c1-3-15-45(16-4-1)59(47-26-23-38-13-7-8-14-39(38)34-47)48-27-29-53(58-37-48)44-32-42(31-43(33-44)41-24-28-51-50-20-10-12-22-56(50)61-57(51)36-41)40-25-30-55-52(35-40)49-19-9-11-21-54(49)60(55)46-17-5-2-6-18-46/h1-37H. The van der Waals surface area contributed by atoms with E-state index in [0.717, 1.165) is 78.2 Å². The lowest BCUT2D eigenvalue weighted by Crippen LogP contribution is -2.10. The highest BCUT2D eigenvalue weighted by molar-refractivity contribution is 6.11. The van der Waals surface area contributed by atoms with E-state index in [4.69, 9.17) is 9.40 Å². The molecule has 0 saturated carbocycles. The Morgan fingerprint density at radius 1 is 0.361 bits per heavy atom. The van der Waals surface area contributed by atoms with Crippen molar-refractivity contribution in [1.29, 1.82) is 0 Å². The summed E-state index contributed by atoms with van der Waals surface area (Å²) >= 11 is 0. The van der Waals surface area contributed by atoms with Crippen molar-refractivity contribution in [2.75, 3.05) is 4.90 Å². The molecular formula is C57H37N3O. The number of furan rings is 1. The molecule has 0 bridgehead atoms. The molecule has 286 valence electrons. The lowest BCUT2D eigenvalue weighted by molar-refractivity contribution is 0.669. The highest BCUT2D eigenvalue weighted by atomic mass is 16.3. The molecule has 0 aliphatic heterocycles. The number of para-hydroxylation sites is 4. The first kappa shape index (κ1) is 34.8. The molecular weight excluding hydrogens is 743 g/mol. The summed E-state index contributed by atoms with van der Waals surface area (Å²) in [6.45, 7) is 0. The average Bonchev–Trinajstić information content (AvgIpc) is 3.87. The van der Waals surface area contributed by atoms with E-state index in [2.05, 4.69) is 216 Å². The van der Waals surface area contributed by atoms with Crippen molar-refractivity contribution >= 4 is 71.6 Å². The zero-order valence-electron chi connectivity index (χ0n) is 33.1. The predicted molar refractivity (Wildman–Crippen MR) is 254 cm³/mol. The van der Waals surface area contributed by atoms with Crippen LogP contribution < -0.4 is 4.90 Å². The van der Waals surface area contributed by atoms with E-state index in [1.165, 1.54) is 32.6 Å². The summed E-state index contributed by atoms with van der Waals surface area (Å²) in [4.78, 5) is 7.47. The smallest absolute Gasteiger partial charge is 0.136 e. The summed E-state index contributed by atoms with van der Waals surface area (Å²) in [6, 6.07) is 77.8. The van der Waals surface area contributed by atoms with Crippen LogP contribution in [0.25, 0.3) is 93.7 Å². The first-order valence-electron chi connectivity index (χ1n) is 20.7. The molecule has 0 amide bonds. The number of aromatic nitrogens is 2. The third-order valence-corrected chi connectivity index (χ3v) is 12.0. The van der Waals surface area contributed by atoms with Gasteiger partial charge in [-0.3, -0.25) is 4.98 Å². The minimum Gasteiger partial charge on any atom is -0.456 e. The van der Waals surface area contributed by atoms with Crippen molar-refractivity contribution in [2.24, 2.45) is 0 Å². The zero-order chi connectivity index (χ0) is 40.3. The second-order valence-electron chi connectivity index (χ2n) is 15.6. The maximum absolute atomic E-state index is 6.39. The highest BCUT2D eigenvalue weighted by Crippen LogP contribution is 2.41. The van der Waals surface area contributed by atoms with Gasteiger partial charge in [0.2, 0.25) is 0 Å². The molecule has 9 aromatic carbocycles. The van der Waals surface area contributed by atoms with Crippen LogP contribution in [-0.4, -0.2) is 9.55 Å². The molecule has 0 atom stereocenters. The summed E-state index contributed by atoms with van der Waals surface area (Å²) in [7, 11) is 0. The van der Waals surface area contributed by atoms with Gasteiger partial charge in [0.25, 0.3) is 0 Å². The number of hydrogen-bond acceptors (Lipinski definition) is 3. The van der Waals surface area contributed by atoms with Crippen molar-refractivity contribution in [2.45, 2.75) is 0 Å². The van der Waals surface area contributed by atoms with E-state index in [-0.39, 0.29) is 0 Å². The van der Waals surface area contributed by atoms with E-state index >= 15 is 0 Å². The van der Waals surface area contributed by atoms with Gasteiger partial charge in [0.1, 0.15) is 11.2 Å². The fourth-order valence-electron chi connectivity index (χ4n) is 9.05. The van der Waals surface area contributed by atoms with Gasteiger partial charge in [0.15, 0.2) is 0 Å². The Morgan fingerprint density at radius 3 is 1.82 bits per heavy atom. The first-order chi connectivity index (χ1) is 30.2. The molecule has 0 unspecified atom stereocenters. The van der Waals surface area contributed by atoms with Gasteiger partial charge in [-0.2, -0.15) is 0 Å². The van der Waals surface area contributed by atoms with E-state index in [9.17, 15) is 0 Å². The van der Waals surface area contributed by atoms with Crippen molar-refractivity contribution in [1.82, 2.24) is 9.55 Å². The SMILES string of the molecule is c1ccc(N(c2ccc(-c3cc(-c4ccc5c(c4)oc4ccccc45)cc(-c4ccc5c(c4)c4ccccc4n5-c4ccccc4)c3)nc2)c2ccc3ccccc3c2)cc1. The summed E-state index contributed by atoms with van der Waals surface area (Å²) in [5.41, 5.74) is 14.8. The molecule has 61 heavy (non-hydrogen) atoms. The third kappa shape index (κ3) is 6.04. The van der Waals surface area contributed by atoms with Gasteiger partial charge < -0.3 is 13.9 Å². The average molecular weight is 780 g/mol. The number of anilines is 3. The second kappa shape index (κ2) is 14.3. The van der Waals surface area contributed by atoms with Crippen molar-refractivity contribution < 1.29 is 4.42 Å². The van der Waals surface area contributed by atoms with Gasteiger partial charge in [0, 0.05) is 44.2 Å². The first-order valence-corrected chi connectivity index (χ1v) is 20.7. The summed E-state index contributed by atoms with van der Waals surface area (Å²) in [5, 5.41) is 7.08. The van der Waals surface area contributed by atoms with Crippen molar-refractivity contribution in [3.8, 4) is 39.2 Å². The number of nitrogens with zero attached hydrogens (tertiary/aromatic N) is 3. The van der Waals surface area contributed by atoms with E-state index in [1.807, 2.05) is 18.3 Å². The summed E-state index contributed by atoms with van der Waals surface area (Å²) < 4.78 is 8.75. The van der Waals surface area contributed by atoms with Gasteiger partial charge in [0.05, 0.1) is 28.6 Å². The molecule has 3 aromatic heterocycles. The highest BCUT2D eigenvalue weighted by Gasteiger charge is 2.17. The Balaban J connectivity index is 1.01. The largest absolute Gasteiger partial charge is 0.456 e. The number of rotatable bonds is 7. The molecule has 3 heterocycles. The van der Waals surface area contributed by atoms with Gasteiger partial charge in [-0.25, -0.2) is 0 Å². The van der Waals surface area contributed by atoms with Crippen LogP contribution in [0.5, 0.6) is 0 Å². The number of benzene rings is 9. The molecule has 0 saturated heterocycles. The Hall–Kier alpha value is -8.21. The van der Waals surface area contributed by atoms with Crippen molar-refractivity contribution in [3.05, 3.63) is 225 Å². The molecule has 4 heteroatoms.